The van der Waals surface area contributed by atoms with Crippen LogP contribution in [0.2, 0.25) is 0 Å². The number of fused-ring (bicyclic) bond motifs is 1. The molecule has 0 saturated carbocycles. The summed E-state index contributed by atoms with van der Waals surface area (Å²) in [4.78, 5) is 0. The maximum atomic E-state index is 6.48. The molecule has 4 heteroatoms. The molecule has 116 valence electrons. The van der Waals surface area contributed by atoms with Crippen molar-refractivity contribution in [3.8, 4) is 5.75 Å². The first-order chi connectivity index (χ1) is 10.2. The Kier molecular flexibility index (Phi) is 4.87. The lowest BCUT2D eigenvalue weighted by molar-refractivity contribution is 0.0108. The maximum absolute atomic E-state index is 6.48. The minimum Gasteiger partial charge on any atom is -0.487 e. The summed E-state index contributed by atoms with van der Waals surface area (Å²) in [6, 6.07) is 6.80. The van der Waals surface area contributed by atoms with Crippen LogP contribution in [0, 0.1) is 0 Å². The molecule has 2 unspecified atom stereocenters. The van der Waals surface area contributed by atoms with Gasteiger partial charge < -0.3 is 14.8 Å². The summed E-state index contributed by atoms with van der Waals surface area (Å²) in [7, 11) is 0. The Morgan fingerprint density at radius 1 is 1.33 bits per heavy atom. The van der Waals surface area contributed by atoms with Crippen LogP contribution in [0.25, 0.3) is 0 Å². The van der Waals surface area contributed by atoms with E-state index in [9.17, 15) is 0 Å². The fourth-order valence-corrected chi connectivity index (χ4v) is 3.77. The molecule has 21 heavy (non-hydrogen) atoms. The van der Waals surface area contributed by atoms with Gasteiger partial charge >= 0.3 is 0 Å². The molecule has 2 aliphatic rings. The average molecular weight is 354 g/mol. The van der Waals surface area contributed by atoms with Crippen molar-refractivity contribution in [2.45, 2.75) is 50.7 Å². The summed E-state index contributed by atoms with van der Waals surface area (Å²) in [5.41, 5.74) is 1.23. The van der Waals surface area contributed by atoms with Crippen LogP contribution >= 0.6 is 15.9 Å². The van der Waals surface area contributed by atoms with Crippen LogP contribution in [0.1, 0.15) is 50.6 Å². The van der Waals surface area contributed by atoms with Crippen LogP contribution in [0.4, 0.5) is 0 Å². The predicted molar refractivity (Wildman–Crippen MR) is 87.8 cm³/mol. The topological polar surface area (TPSA) is 30.5 Å². The number of rotatable bonds is 3. The highest BCUT2D eigenvalue weighted by Gasteiger charge is 2.41. The molecule has 0 bridgehead atoms. The van der Waals surface area contributed by atoms with E-state index in [-0.39, 0.29) is 5.60 Å². The molecule has 1 saturated heterocycles. The standard InChI is InChI=1S/C17H24BrNO2/c1-2-8-19-15-12-17(6-3-9-20-10-7-17)21-16-11-13(18)4-5-14(15)16/h4-5,11,15,19H,2-3,6-10,12H2,1H3. The Morgan fingerprint density at radius 2 is 2.24 bits per heavy atom. The molecule has 0 aromatic heterocycles. The SMILES string of the molecule is CCCNC1CC2(CCCOCC2)Oc2cc(Br)ccc21. The third-order valence-corrected chi connectivity index (χ3v) is 5.01. The number of halogens is 1. The number of benzene rings is 1. The number of hydrogen-bond donors (Lipinski definition) is 1. The van der Waals surface area contributed by atoms with E-state index in [1.807, 2.05) is 0 Å². The molecule has 0 amide bonds. The van der Waals surface area contributed by atoms with Gasteiger partial charge in [-0.15, -0.1) is 0 Å². The van der Waals surface area contributed by atoms with Crippen molar-refractivity contribution in [3.05, 3.63) is 28.2 Å². The Bertz CT molecular complexity index is 484. The quantitative estimate of drug-likeness (QED) is 0.882. The normalized spacial score (nSPS) is 28.8. The second-order valence-electron chi connectivity index (χ2n) is 6.14. The van der Waals surface area contributed by atoms with Crippen LogP contribution in [-0.2, 0) is 4.74 Å². The summed E-state index contributed by atoms with van der Waals surface area (Å²) < 4.78 is 13.2. The molecular formula is C17H24BrNO2. The summed E-state index contributed by atoms with van der Waals surface area (Å²) in [5, 5.41) is 3.70. The van der Waals surface area contributed by atoms with Gasteiger partial charge in [0.2, 0.25) is 0 Å². The van der Waals surface area contributed by atoms with Gasteiger partial charge in [0.05, 0.1) is 6.61 Å². The van der Waals surface area contributed by atoms with E-state index < -0.39 is 0 Å². The monoisotopic (exact) mass is 353 g/mol. The molecular weight excluding hydrogens is 330 g/mol. The summed E-state index contributed by atoms with van der Waals surface area (Å²) >= 11 is 3.57. The van der Waals surface area contributed by atoms with Gasteiger partial charge in [-0.1, -0.05) is 28.9 Å². The van der Waals surface area contributed by atoms with Crippen molar-refractivity contribution >= 4 is 15.9 Å². The Balaban J connectivity index is 1.90. The average Bonchev–Trinajstić information content (AvgIpc) is 2.70. The molecule has 3 nitrogen and oxygen atoms in total. The van der Waals surface area contributed by atoms with Crippen LogP contribution < -0.4 is 10.1 Å². The Morgan fingerprint density at radius 3 is 3.10 bits per heavy atom. The second-order valence-corrected chi connectivity index (χ2v) is 7.06. The van der Waals surface area contributed by atoms with Crippen molar-refractivity contribution in [1.82, 2.24) is 5.32 Å². The molecule has 0 aliphatic carbocycles. The van der Waals surface area contributed by atoms with E-state index in [0.717, 1.165) is 62.1 Å². The minimum absolute atomic E-state index is 0.0598. The molecule has 1 N–H and O–H groups in total. The molecule has 1 aromatic carbocycles. The fraction of sp³-hybridized carbons (Fsp3) is 0.647. The molecule has 1 spiro atoms. The number of nitrogens with one attached hydrogen (secondary N) is 1. The van der Waals surface area contributed by atoms with E-state index >= 15 is 0 Å². The van der Waals surface area contributed by atoms with Crippen LogP contribution in [0.5, 0.6) is 5.75 Å². The summed E-state index contributed by atoms with van der Waals surface area (Å²) in [5.74, 6) is 1.03. The highest BCUT2D eigenvalue weighted by Crippen LogP contribution is 2.44. The molecule has 1 aromatic rings. The molecule has 2 atom stereocenters. The van der Waals surface area contributed by atoms with Crippen molar-refractivity contribution in [2.75, 3.05) is 19.8 Å². The first-order valence-corrected chi connectivity index (χ1v) is 8.81. The zero-order valence-electron chi connectivity index (χ0n) is 12.7. The fourth-order valence-electron chi connectivity index (χ4n) is 3.43. The third kappa shape index (κ3) is 3.43. The van der Waals surface area contributed by atoms with Gasteiger partial charge in [0.1, 0.15) is 11.4 Å². The van der Waals surface area contributed by atoms with Crippen LogP contribution in [-0.4, -0.2) is 25.4 Å². The van der Waals surface area contributed by atoms with Gasteiger partial charge in [0.25, 0.3) is 0 Å². The van der Waals surface area contributed by atoms with Crippen LogP contribution in [0.15, 0.2) is 22.7 Å². The van der Waals surface area contributed by atoms with E-state index in [0.29, 0.717) is 6.04 Å². The zero-order chi connectivity index (χ0) is 14.7. The largest absolute Gasteiger partial charge is 0.487 e. The lowest BCUT2D eigenvalue weighted by Crippen LogP contribution is -2.44. The van der Waals surface area contributed by atoms with E-state index in [4.69, 9.17) is 9.47 Å². The number of ether oxygens (including phenoxy) is 2. The lowest BCUT2D eigenvalue weighted by Gasteiger charge is -2.42. The second kappa shape index (κ2) is 6.67. The van der Waals surface area contributed by atoms with Crippen molar-refractivity contribution < 1.29 is 9.47 Å². The zero-order valence-corrected chi connectivity index (χ0v) is 14.2. The Labute approximate surface area is 135 Å². The molecule has 2 heterocycles. The van der Waals surface area contributed by atoms with Gasteiger partial charge in [-0.25, -0.2) is 0 Å². The van der Waals surface area contributed by atoms with Crippen LogP contribution in [0.3, 0.4) is 0 Å². The summed E-state index contributed by atoms with van der Waals surface area (Å²) in [6.45, 7) is 4.93. The first-order valence-electron chi connectivity index (χ1n) is 8.02. The summed E-state index contributed by atoms with van der Waals surface area (Å²) in [6.07, 6.45) is 5.36. The van der Waals surface area contributed by atoms with E-state index in [1.54, 1.807) is 0 Å². The maximum Gasteiger partial charge on any atom is 0.126 e. The smallest absolute Gasteiger partial charge is 0.126 e. The van der Waals surface area contributed by atoms with E-state index in [1.165, 1.54) is 5.56 Å². The van der Waals surface area contributed by atoms with Gasteiger partial charge in [-0.2, -0.15) is 0 Å². The molecule has 2 aliphatic heterocycles. The van der Waals surface area contributed by atoms with Crippen molar-refractivity contribution in [3.63, 3.8) is 0 Å². The first kappa shape index (κ1) is 15.3. The lowest BCUT2D eigenvalue weighted by atomic mass is 9.82. The van der Waals surface area contributed by atoms with E-state index in [2.05, 4.69) is 46.4 Å². The van der Waals surface area contributed by atoms with Gasteiger partial charge in [-0.05, 0) is 37.9 Å². The molecule has 3 rings (SSSR count). The minimum atomic E-state index is -0.0598. The highest BCUT2D eigenvalue weighted by molar-refractivity contribution is 9.10. The predicted octanol–water partition coefficient (Wildman–Crippen LogP) is 4.21. The van der Waals surface area contributed by atoms with Gasteiger partial charge in [0.15, 0.2) is 0 Å². The number of hydrogen-bond acceptors (Lipinski definition) is 3. The van der Waals surface area contributed by atoms with Gasteiger partial charge in [-0.3, -0.25) is 0 Å². The van der Waals surface area contributed by atoms with Crippen molar-refractivity contribution in [1.29, 1.82) is 0 Å². The molecule has 0 radical (unpaired) electrons. The highest BCUT2D eigenvalue weighted by atomic mass is 79.9. The third-order valence-electron chi connectivity index (χ3n) is 4.52. The molecule has 1 fully saturated rings. The van der Waals surface area contributed by atoms with Gasteiger partial charge in [0, 0.05) is 35.5 Å². The Hall–Kier alpha value is -0.580. The van der Waals surface area contributed by atoms with Crippen molar-refractivity contribution in [2.24, 2.45) is 0 Å².